The van der Waals surface area contributed by atoms with Gasteiger partial charge in [0.1, 0.15) is 17.3 Å². The molecule has 0 aliphatic carbocycles. The predicted molar refractivity (Wildman–Crippen MR) is 134 cm³/mol. The summed E-state index contributed by atoms with van der Waals surface area (Å²) >= 11 is 0. The lowest BCUT2D eigenvalue weighted by Crippen LogP contribution is -2.44. The average Bonchev–Trinajstić information content (AvgIpc) is 3.34. The molecule has 34 heavy (non-hydrogen) atoms. The van der Waals surface area contributed by atoms with E-state index in [1.54, 1.807) is 14.2 Å². The van der Waals surface area contributed by atoms with Crippen molar-refractivity contribution < 1.29 is 14.3 Å². The van der Waals surface area contributed by atoms with Crippen LogP contribution in [0, 0.1) is 0 Å². The van der Waals surface area contributed by atoms with Gasteiger partial charge >= 0.3 is 0 Å². The number of aromatic nitrogens is 2. The van der Waals surface area contributed by atoms with Gasteiger partial charge in [-0.05, 0) is 54.7 Å². The number of aromatic amines is 1. The van der Waals surface area contributed by atoms with E-state index in [9.17, 15) is 4.79 Å². The molecule has 8 heteroatoms. The Morgan fingerprint density at radius 2 is 1.79 bits per heavy atom. The highest BCUT2D eigenvalue weighted by atomic mass is 16.5. The number of H-pyrrole nitrogens is 1. The number of anilines is 2. The zero-order valence-electron chi connectivity index (χ0n) is 20.1. The number of amides is 1. The van der Waals surface area contributed by atoms with Crippen molar-refractivity contribution in [2.24, 2.45) is 0 Å². The predicted octanol–water partition coefficient (Wildman–Crippen LogP) is 3.44. The van der Waals surface area contributed by atoms with Crippen molar-refractivity contribution in [2.75, 3.05) is 50.6 Å². The number of carbonyl (C=O) groups excluding carboxylic acids is 1. The van der Waals surface area contributed by atoms with Crippen LogP contribution >= 0.6 is 0 Å². The number of carbonyl (C=O) groups is 1. The number of hydrogen-bond acceptors (Lipinski definition) is 6. The quantitative estimate of drug-likeness (QED) is 0.450. The molecule has 0 radical (unpaired) electrons. The Balaban J connectivity index is 1.43. The summed E-state index contributed by atoms with van der Waals surface area (Å²) in [4.78, 5) is 15.5. The first-order chi connectivity index (χ1) is 16.6. The molecule has 4 rings (SSSR count). The van der Waals surface area contributed by atoms with Gasteiger partial charge in [-0.2, -0.15) is 5.10 Å². The van der Waals surface area contributed by atoms with Crippen LogP contribution in [-0.4, -0.2) is 56.5 Å². The minimum atomic E-state index is -0.124. The molecule has 180 valence electrons. The number of nitrogens with zero attached hydrogens (tertiary/aromatic N) is 2. The van der Waals surface area contributed by atoms with Crippen LogP contribution in [-0.2, 0) is 19.3 Å². The second kappa shape index (κ2) is 11.1. The molecule has 1 fully saturated rings. The minimum absolute atomic E-state index is 0.124. The fraction of sp³-hybridized carbons (Fsp3) is 0.385. The number of rotatable bonds is 9. The van der Waals surface area contributed by atoms with E-state index in [-0.39, 0.29) is 5.91 Å². The molecule has 1 aromatic heterocycles. The van der Waals surface area contributed by atoms with Crippen LogP contribution in [0.1, 0.15) is 34.1 Å². The first-order valence-electron chi connectivity index (χ1n) is 11.8. The van der Waals surface area contributed by atoms with Gasteiger partial charge in [0.25, 0.3) is 5.91 Å². The fourth-order valence-corrected chi connectivity index (χ4v) is 4.39. The van der Waals surface area contributed by atoms with Crippen LogP contribution in [0.15, 0.2) is 42.5 Å². The maximum Gasteiger partial charge on any atom is 0.257 e. The summed E-state index contributed by atoms with van der Waals surface area (Å²) in [7, 11) is 3.29. The number of piperazine rings is 1. The molecule has 0 spiro atoms. The van der Waals surface area contributed by atoms with Crippen LogP contribution in [0.5, 0.6) is 11.5 Å². The van der Waals surface area contributed by atoms with Crippen molar-refractivity contribution >= 4 is 17.4 Å². The second-order valence-electron chi connectivity index (χ2n) is 8.34. The first-order valence-corrected chi connectivity index (χ1v) is 11.8. The third-order valence-electron chi connectivity index (χ3n) is 6.17. The Bertz CT molecular complexity index is 1100. The Kier molecular flexibility index (Phi) is 7.69. The van der Waals surface area contributed by atoms with Gasteiger partial charge in [0.15, 0.2) is 0 Å². The highest BCUT2D eigenvalue weighted by Gasteiger charge is 2.19. The van der Waals surface area contributed by atoms with Crippen molar-refractivity contribution in [3.63, 3.8) is 0 Å². The molecule has 1 aliphatic rings. The molecule has 0 saturated carbocycles. The smallest absolute Gasteiger partial charge is 0.257 e. The normalized spacial score (nSPS) is 13.6. The van der Waals surface area contributed by atoms with E-state index < -0.39 is 0 Å². The van der Waals surface area contributed by atoms with Crippen molar-refractivity contribution in [3.05, 3.63) is 64.8 Å². The van der Waals surface area contributed by atoms with E-state index >= 15 is 0 Å². The molecule has 0 atom stereocenters. The molecule has 2 aromatic carbocycles. The average molecular weight is 464 g/mol. The molecular weight excluding hydrogens is 430 g/mol. The van der Waals surface area contributed by atoms with Crippen LogP contribution < -0.4 is 25.0 Å². The minimum Gasteiger partial charge on any atom is -0.497 e. The highest BCUT2D eigenvalue weighted by Crippen LogP contribution is 2.26. The molecular formula is C26H33N5O3. The molecule has 2 heterocycles. The number of aryl methyl sites for hydroxylation is 2. The largest absolute Gasteiger partial charge is 0.497 e. The Hall–Kier alpha value is -3.52. The summed E-state index contributed by atoms with van der Waals surface area (Å²) in [5.74, 6) is 2.00. The SMILES string of the molecule is CCc1c(C(=O)Nc2cc(CCc3cc(OC)cc(OC)c3)n[nH]2)cccc1N1CCNCC1. The Labute approximate surface area is 200 Å². The number of benzene rings is 2. The fourth-order valence-electron chi connectivity index (χ4n) is 4.39. The Morgan fingerprint density at radius 1 is 1.06 bits per heavy atom. The number of nitrogens with one attached hydrogen (secondary N) is 3. The monoisotopic (exact) mass is 463 g/mol. The zero-order chi connectivity index (χ0) is 23.9. The summed E-state index contributed by atoms with van der Waals surface area (Å²) in [6.45, 7) is 5.90. The van der Waals surface area contributed by atoms with Gasteiger partial charge in [0, 0.05) is 49.6 Å². The topological polar surface area (TPSA) is 91.5 Å². The summed E-state index contributed by atoms with van der Waals surface area (Å²) < 4.78 is 10.7. The van der Waals surface area contributed by atoms with Gasteiger partial charge in [-0.3, -0.25) is 9.89 Å². The first kappa shape index (κ1) is 23.6. The van der Waals surface area contributed by atoms with Crippen molar-refractivity contribution in [1.82, 2.24) is 15.5 Å². The summed E-state index contributed by atoms with van der Waals surface area (Å²) in [5, 5.41) is 13.7. The lowest BCUT2D eigenvalue weighted by atomic mass is 10.0. The van der Waals surface area contributed by atoms with Gasteiger partial charge < -0.3 is 25.0 Å². The highest BCUT2D eigenvalue weighted by molar-refractivity contribution is 6.05. The molecule has 0 bridgehead atoms. The standard InChI is InChI=1S/C26H33N5O3/c1-4-22-23(6-5-7-24(22)31-12-10-27-11-13-31)26(32)28-25-16-19(29-30-25)9-8-18-14-20(33-2)17-21(15-18)34-3/h5-7,14-17,27H,4,8-13H2,1-3H3,(H2,28,29,30,32). The molecule has 8 nitrogen and oxygen atoms in total. The van der Waals surface area contributed by atoms with Crippen molar-refractivity contribution in [1.29, 1.82) is 0 Å². The number of methoxy groups -OCH3 is 2. The van der Waals surface area contributed by atoms with E-state index in [1.165, 1.54) is 0 Å². The van der Waals surface area contributed by atoms with Crippen LogP contribution in [0.4, 0.5) is 11.5 Å². The number of ether oxygens (including phenoxy) is 2. The van der Waals surface area contributed by atoms with Crippen molar-refractivity contribution in [3.8, 4) is 11.5 Å². The maximum absolute atomic E-state index is 13.1. The molecule has 0 unspecified atom stereocenters. The summed E-state index contributed by atoms with van der Waals surface area (Å²) in [6, 6.07) is 13.7. The van der Waals surface area contributed by atoms with Crippen LogP contribution in [0.2, 0.25) is 0 Å². The molecule has 3 N–H and O–H groups in total. The molecule has 1 saturated heterocycles. The van der Waals surface area contributed by atoms with E-state index in [2.05, 4.69) is 38.7 Å². The van der Waals surface area contributed by atoms with E-state index in [0.29, 0.717) is 11.4 Å². The van der Waals surface area contributed by atoms with Crippen LogP contribution in [0.25, 0.3) is 0 Å². The molecule has 1 amide bonds. The van der Waals surface area contributed by atoms with E-state index in [4.69, 9.17) is 9.47 Å². The van der Waals surface area contributed by atoms with Gasteiger partial charge in [-0.25, -0.2) is 0 Å². The van der Waals surface area contributed by atoms with Crippen LogP contribution in [0.3, 0.4) is 0 Å². The Morgan fingerprint density at radius 3 is 2.47 bits per heavy atom. The van der Waals surface area contributed by atoms with Gasteiger partial charge in [-0.1, -0.05) is 13.0 Å². The lowest BCUT2D eigenvalue weighted by Gasteiger charge is -2.31. The lowest BCUT2D eigenvalue weighted by molar-refractivity contribution is 0.102. The summed E-state index contributed by atoms with van der Waals surface area (Å²) in [6.07, 6.45) is 2.29. The third-order valence-corrected chi connectivity index (χ3v) is 6.17. The van der Waals surface area contributed by atoms with Gasteiger partial charge in [0.05, 0.1) is 19.9 Å². The zero-order valence-corrected chi connectivity index (χ0v) is 20.1. The van der Waals surface area contributed by atoms with E-state index in [0.717, 1.165) is 79.4 Å². The molecule has 1 aliphatic heterocycles. The second-order valence-corrected chi connectivity index (χ2v) is 8.34. The van der Waals surface area contributed by atoms with E-state index in [1.807, 2.05) is 36.4 Å². The van der Waals surface area contributed by atoms with Gasteiger partial charge in [0.2, 0.25) is 0 Å². The van der Waals surface area contributed by atoms with Crippen molar-refractivity contribution in [2.45, 2.75) is 26.2 Å². The summed E-state index contributed by atoms with van der Waals surface area (Å²) in [5.41, 5.74) is 4.91. The third kappa shape index (κ3) is 5.51. The maximum atomic E-state index is 13.1. The number of hydrogen-bond donors (Lipinski definition) is 3. The molecule has 3 aromatic rings. The van der Waals surface area contributed by atoms with Gasteiger partial charge in [-0.15, -0.1) is 0 Å².